The van der Waals surface area contributed by atoms with Crippen molar-refractivity contribution >= 4 is 31.0 Å². The fraction of sp³-hybridized carbons (Fsp3) is 0. The van der Waals surface area contributed by atoms with E-state index in [4.69, 9.17) is 0 Å². The minimum Gasteiger partial charge on any atom is -0.216 e. The Morgan fingerprint density at radius 3 is 1.30 bits per heavy atom. The molecule has 0 fully saturated rings. The number of hydrogen-bond donors (Lipinski definition) is 0. The van der Waals surface area contributed by atoms with E-state index >= 15 is 0 Å². The Kier molecular flexibility index (Phi) is 4.00. The summed E-state index contributed by atoms with van der Waals surface area (Å²) in [6.07, 6.45) is 0. The average Bonchev–Trinajstić information content (AvgIpc) is 3.08. The van der Waals surface area contributed by atoms with Crippen LogP contribution in [0.1, 0.15) is 0 Å². The van der Waals surface area contributed by atoms with Crippen LogP contribution in [0.4, 0.5) is 0 Å². The summed E-state index contributed by atoms with van der Waals surface area (Å²) in [4.78, 5) is 0.0830. The van der Waals surface area contributed by atoms with Crippen molar-refractivity contribution in [2.75, 3.05) is 0 Å². The minimum atomic E-state index is -3.88. The Labute approximate surface area is 137 Å². The second-order valence-corrected chi connectivity index (χ2v) is 9.69. The zero-order chi connectivity index (χ0) is 16.5. The number of sulfone groups is 2. The van der Waals surface area contributed by atoms with Crippen LogP contribution in [0.2, 0.25) is 0 Å². The smallest absolute Gasteiger partial charge is 0.216 e. The maximum atomic E-state index is 12.4. The van der Waals surface area contributed by atoms with Gasteiger partial charge in [0.25, 0.3) is 0 Å². The Morgan fingerprint density at radius 2 is 0.957 bits per heavy atom. The molecule has 6 nitrogen and oxygen atoms in total. The van der Waals surface area contributed by atoms with Crippen molar-refractivity contribution in [1.29, 1.82) is 0 Å². The molecule has 0 unspecified atom stereocenters. The Hall–Kier alpha value is -2.10. The molecule has 0 saturated heterocycles. The molecule has 0 aliphatic carbocycles. The molecule has 0 amide bonds. The third kappa shape index (κ3) is 2.90. The Balaban J connectivity index is 2.05. The summed E-state index contributed by atoms with van der Waals surface area (Å²) in [5.41, 5.74) is 0. The van der Waals surface area contributed by atoms with Crippen molar-refractivity contribution in [2.24, 2.45) is 0 Å². The molecule has 23 heavy (non-hydrogen) atoms. The van der Waals surface area contributed by atoms with E-state index in [2.05, 4.69) is 10.2 Å². The van der Waals surface area contributed by atoms with Crippen LogP contribution in [-0.4, -0.2) is 27.0 Å². The van der Waals surface area contributed by atoms with E-state index in [0.717, 1.165) is 0 Å². The minimum absolute atomic E-state index is 0.0415. The van der Waals surface area contributed by atoms with E-state index in [1.165, 1.54) is 24.3 Å². The van der Waals surface area contributed by atoms with Crippen LogP contribution in [0.3, 0.4) is 0 Å². The van der Waals surface area contributed by atoms with Crippen molar-refractivity contribution in [2.45, 2.75) is 18.5 Å². The van der Waals surface area contributed by atoms with Crippen molar-refractivity contribution < 1.29 is 16.8 Å². The summed E-state index contributed by atoms with van der Waals surface area (Å²) < 4.78 is 49.0. The van der Waals surface area contributed by atoms with Crippen LogP contribution in [0.25, 0.3) is 0 Å². The first-order valence-corrected chi connectivity index (χ1v) is 10.1. The lowest BCUT2D eigenvalue weighted by Crippen LogP contribution is -2.00. The number of aromatic nitrogens is 2. The molecule has 118 valence electrons. The van der Waals surface area contributed by atoms with Crippen molar-refractivity contribution in [3.8, 4) is 0 Å². The highest BCUT2D eigenvalue weighted by Gasteiger charge is 2.28. The van der Waals surface area contributed by atoms with Crippen LogP contribution in [0.5, 0.6) is 0 Å². The molecule has 0 bridgehead atoms. The molecule has 1 heterocycles. The average molecular weight is 366 g/mol. The molecular formula is C14H10N2O4S3. The van der Waals surface area contributed by atoms with Crippen LogP contribution >= 0.6 is 11.3 Å². The molecule has 0 aliphatic heterocycles. The van der Waals surface area contributed by atoms with Gasteiger partial charge in [-0.05, 0) is 24.3 Å². The summed E-state index contributed by atoms with van der Waals surface area (Å²) in [7, 11) is -7.76. The highest BCUT2D eigenvalue weighted by Crippen LogP contribution is 2.29. The lowest BCUT2D eigenvalue weighted by atomic mass is 10.4. The number of rotatable bonds is 4. The van der Waals surface area contributed by atoms with Gasteiger partial charge in [-0.25, -0.2) is 16.8 Å². The van der Waals surface area contributed by atoms with Crippen molar-refractivity contribution in [3.63, 3.8) is 0 Å². The van der Waals surface area contributed by atoms with Gasteiger partial charge in [-0.3, -0.25) is 0 Å². The summed E-state index contributed by atoms with van der Waals surface area (Å²) in [6, 6.07) is 15.4. The number of benzene rings is 2. The Morgan fingerprint density at radius 1 is 0.609 bits per heavy atom. The predicted molar refractivity (Wildman–Crippen MR) is 83.7 cm³/mol. The van der Waals surface area contributed by atoms with Gasteiger partial charge in [-0.15, -0.1) is 10.2 Å². The van der Waals surface area contributed by atoms with E-state index in [1.807, 2.05) is 0 Å². The van der Waals surface area contributed by atoms with E-state index in [-0.39, 0.29) is 18.5 Å². The third-order valence-electron chi connectivity index (χ3n) is 2.95. The largest absolute Gasteiger partial charge is 0.238 e. The van der Waals surface area contributed by atoms with E-state index in [1.54, 1.807) is 36.4 Å². The second-order valence-electron chi connectivity index (χ2n) is 4.47. The fourth-order valence-electron chi connectivity index (χ4n) is 1.82. The van der Waals surface area contributed by atoms with Crippen molar-refractivity contribution in [3.05, 3.63) is 60.7 Å². The molecule has 1 aromatic heterocycles. The first-order valence-electron chi connectivity index (χ1n) is 6.36. The SMILES string of the molecule is O=S(=O)(c1ccccc1)c1nnc(S(=O)(=O)c2ccccc2)s1. The van der Waals surface area contributed by atoms with Crippen molar-refractivity contribution in [1.82, 2.24) is 10.2 Å². The lowest BCUT2D eigenvalue weighted by Gasteiger charge is -1.99. The standard InChI is InChI=1S/C14H10N2O4S3/c17-22(18,11-7-3-1-4-8-11)13-15-16-14(21-13)23(19,20)12-9-5-2-6-10-12/h1-10H. The first-order chi connectivity index (χ1) is 10.9. The summed E-state index contributed by atoms with van der Waals surface area (Å²) in [5, 5.41) is 7.11. The molecular weight excluding hydrogens is 356 g/mol. The number of hydrogen-bond acceptors (Lipinski definition) is 7. The van der Waals surface area contributed by atoms with Gasteiger partial charge in [-0.2, -0.15) is 0 Å². The van der Waals surface area contributed by atoms with Crippen LogP contribution in [0.15, 0.2) is 79.1 Å². The molecule has 0 saturated carbocycles. The van der Waals surface area contributed by atoms with Crippen LogP contribution in [-0.2, 0) is 19.7 Å². The predicted octanol–water partition coefficient (Wildman–Crippen LogP) is 2.20. The van der Waals surface area contributed by atoms with Gasteiger partial charge >= 0.3 is 0 Å². The van der Waals surface area contributed by atoms with E-state index < -0.39 is 19.7 Å². The van der Waals surface area contributed by atoms with Gasteiger partial charge in [0.2, 0.25) is 28.4 Å². The summed E-state index contributed by atoms with van der Waals surface area (Å²) in [6.45, 7) is 0. The second kappa shape index (κ2) is 5.84. The topological polar surface area (TPSA) is 94.1 Å². The lowest BCUT2D eigenvalue weighted by molar-refractivity contribution is 0.589. The highest BCUT2D eigenvalue weighted by molar-refractivity contribution is 7.95. The maximum absolute atomic E-state index is 12.4. The van der Waals surface area contributed by atoms with Gasteiger partial charge in [0.1, 0.15) is 0 Å². The van der Waals surface area contributed by atoms with E-state index in [0.29, 0.717) is 11.3 Å². The normalized spacial score (nSPS) is 12.2. The molecule has 0 aliphatic rings. The van der Waals surface area contributed by atoms with Crippen LogP contribution in [0, 0.1) is 0 Å². The maximum Gasteiger partial charge on any atom is 0.238 e. The molecule has 9 heteroatoms. The fourth-order valence-corrected chi connectivity index (χ4v) is 5.95. The molecule has 0 spiro atoms. The first kappa shape index (κ1) is 15.8. The summed E-state index contributed by atoms with van der Waals surface area (Å²) >= 11 is 0.538. The summed E-state index contributed by atoms with van der Waals surface area (Å²) in [5.74, 6) is 0. The zero-order valence-corrected chi connectivity index (χ0v) is 14.0. The third-order valence-corrected chi connectivity index (χ3v) is 8.15. The molecule has 0 N–H and O–H groups in total. The molecule has 0 radical (unpaired) electrons. The molecule has 2 aromatic carbocycles. The van der Waals surface area contributed by atoms with Crippen LogP contribution < -0.4 is 0 Å². The Bertz CT molecular complexity index is 944. The molecule has 0 atom stereocenters. The number of nitrogens with zero attached hydrogens (tertiary/aromatic N) is 2. The highest BCUT2D eigenvalue weighted by atomic mass is 32.3. The molecule has 3 aromatic rings. The zero-order valence-electron chi connectivity index (χ0n) is 11.5. The molecule has 3 rings (SSSR count). The van der Waals surface area contributed by atoms with Gasteiger partial charge < -0.3 is 0 Å². The van der Waals surface area contributed by atoms with Gasteiger partial charge in [0.05, 0.1) is 9.79 Å². The van der Waals surface area contributed by atoms with Gasteiger partial charge in [0.15, 0.2) is 0 Å². The quantitative estimate of drug-likeness (QED) is 0.703. The van der Waals surface area contributed by atoms with Gasteiger partial charge in [0, 0.05) is 0 Å². The monoisotopic (exact) mass is 366 g/mol. The van der Waals surface area contributed by atoms with Gasteiger partial charge in [-0.1, -0.05) is 47.7 Å². The van der Waals surface area contributed by atoms with E-state index in [9.17, 15) is 16.8 Å².